The average molecular weight is 481 g/mol. The number of hydrogen-bond donors (Lipinski definition) is 1. The van der Waals surface area contributed by atoms with E-state index in [2.05, 4.69) is 4.74 Å². The highest BCUT2D eigenvalue weighted by Gasteiger charge is 2.46. The van der Waals surface area contributed by atoms with E-state index < -0.39 is 24.1 Å². The van der Waals surface area contributed by atoms with Gasteiger partial charge in [-0.15, -0.1) is 0 Å². The lowest BCUT2D eigenvalue weighted by Crippen LogP contribution is -2.29. The Morgan fingerprint density at radius 2 is 1.40 bits per heavy atom. The van der Waals surface area contributed by atoms with E-state index >= 15 is 0 Å². The third-order valence-electron chi connectivity index (χ3n) is 6.27. The summed E-state index contributed by atoms with van der Waals surface area (Å²) in [6.45, 7) is -0.201. The van der Waals surface area contributed by atoms with E-state index in [1.165, 1.54) is 7.11 Å². The van der Waals surface area contributed by atoms with Crippen LogP contribution in [-0.4, -0.2) is 48.9 Å². The van der Waals surface area contributed by atoms with Crippen LogP contribution in [-0.2, 0) is 19.0 Å². The lowest BCUT2D eigenvalue weighted by Gasteiger charge is -2.24. The van der Waals surface area contributed by atoms with Crippen LogP contribution < -0.4 is 0 Å². The van der Waals surface area contributed by atoms with Crippen LogP contribution in [0.3, 0.4) is 0 Å². The van der Waals surface area contributed by atoms with E-state index in [4.69, 9.17) is 9.47 Å². The molecule has 1 aliphatic rings. The quantitative estimate of drug-likeness (QED) is 0.221. The van der Waals surface area contributed by atoms with Gasteiger partial charge in [-0.2, -0.15) is 0 Å². The standard InChI is InChI=1S/C28H32O7/c1-33-26(30)17-11-3-2-10-16-22-23(19-29)25(35-28(32)21-14-8-5-9-15-21)18-24(22)34-27(31)20-12-6-4-7-13-20/h2,4-10,12-15,22-25,29H,3,11,16-19H2,1H3/b10-2-/t22-,23-,24+,25-/m1/s1. The van der Waals surface area contributed by atoms with E-state index in [1.807, 2.05) is 24.3 Å². The van der Waals surface area contributed by atoms with Crippen molar-refractivity contribution in [2.75, 3.05) is 13.7 Å². The zero-order chi connectivity index (χ0) is 25.0. The molecule has 0 spiro atoms. The molecule has 0 saturated heterocycles. The van der Waals surface area contributed by atoms with Crippen molar-refractivity contribution < 1.29 is 33.7 Å². The van der Waals surface area contributed by atoms with Crippen LogP contribution in [0.4, 0.5) is 0 Å². The summed E-state index contributed by atoms with van der Waals surface area (Å²) in [5, 5.41) is 10.2. The molecular formula is C28H32O7. The number of benzene rings is 2. The molecule has 2 aromatic rings. The summed E-state index contributed by atoms with van der Waals surface area (Å²) in [7, 11) is 1.37. The highest BCUT2D eigenvalue weighted by Crippen LogP contribution is 2.39. The normalized spacial score (nSPS) is 21.5. The van der Waals surface area contributed by atoms with Gasteiger partial charge in [-0.3, -0.25) is 4.79 Å². The van der Waals surface area contributed by atoms with Crippen molar-refractivity contribution in [1.29, 1.82) is 0 Å². The zero-order valence-corrected chi connectivity index (χ0v) is 19.9. The maximum atomic E-state index is 12.7. The molecule has 1 N–H and O–H groups in total. The van der Waals surface area contributed by atoms with Crippen molar-refractivity contribution in [2.45, 2.75) is 44.3 Å². The highest BCUT2D eigenvalue weighted by molar-refractivity contribution is 5.90. The third-order valence-corrected chi connectivity index (χ3v) is 6.27. The lowest BCUT2D eigenvalue weighted by molar-refractivity contribution is -0.140. The van der Waals surface area contributed by atoms with Gasteiger partial charge >= 0.3 is 17.9 Å². The number of rotatable bonds is 11. The van der Waals surface area contributed by atoms with Gasteiger partial charge < -0.3 is 19.3 Å². The maximum absolute atomic E-state index is 12.7. The van der Waals surface area contributed by atoms with Crippen molar-refractivity contribution in [3.05, 3.63) is 83.9 Å². The highest BCUT2D eigenvalue weighted by atomic mass is 16.6. The number of hydrogen-bond acceptors (Lipinski definition) is 7. The minimum Gasteiger partial charge on any atom is -0.469 e. The van der Waals surface area contributed by atoms with Crippen LogP contribution in [0.25, 0.3) is 0 Å². The molecule has 4 atom stereocenters. The van der Waals surface area contributed by atoms with E-state index in [0.29, 0.717) is 43.2 Å². The lowest BCUT2D eigenvalue weighted by atomic mass is 9.90. The first-order valence-electron chi connectivity index (χ1n) is 11.9. The fraction of sp³-hybridized carbons (Fsp3) is 0.393. The van der Waals surface area contributed by atoms with Crippen molar-refractivity contribution in [2.24, 2.45) is 11.8 Å². The Balaban J connectivity index is 1.69. The molecule has 0 aliphatic heterocycles. The Morgan fingerprint density at radius 1 is 0.857 bits per heavy atom. The van der Waals surface area contributed by atoms with Gasteiger partial charge in [-0.25, -0.2) is 9.59 Å². The molecule has 0 unspecified atom stereocenters. The number of esters is 3. The molecule has 2 aromatic carbocycles. The van der Waals surface area contributed by atoms with E-state index in [-0.39, 0.29) is 24.4 Å². The zero-order valence-electron chi connectivity index (χ0n) is 19.9. The van der Waals surface area contributed by atoms with E-state index in [1.54, 1.807) is 48.5 Å². The Hall–Kier alpha value is -3.45. The molecule has 0 bridgehead atoms. The van der Waals surface area contributed by atoms with Gasteiger partial charge in [-0.1, -0.05) is 48.6 Å². The summed E-state index contributed by atoms with van der Waals surface area (Å²) in [5.74, 6) is -1.77. The van der Waals surface area contributed by atoms with E-state index in [9.17, 15) is 19.5 Å². The summed E-state index contributed by atoms with van der Waals surface area (Å²) < 4.78 is 16.3. The van der Waals surface area contributed by atoms with Crippen LogP contribution in [0, 0.1) is 11.8 Å². The molecule has 0 heterocycles. The predicted molar refractivity (Wildman–Crippen MR) is 130 cm³/mol. The monoisotopic (exact) mass is 480 g/mol. The second-order valence-electron chi connectivity index (χ2n) is 8.54. The molecule has 1 fully saturated rings. The number of aliphatic hydroxyl groups is 1. The number of unbranched alkanes of at least 4 members (excludes halogenated alkanes) is 1. The fourth-order valence-electron chi connectivity index (χ4n) is 4.38. The Morgan fingerprint density at radius 3 is 1.91 bits per heavy atom. The maximum Gasteiger partial charge on any atom is 0.338 e. The number of ether oxygens (including phenoxy) is 3. The van der Waals surface area contributed by atoms with Crippen molar-refractivity contribution in [3.63, 3.8) is 0 Å². The van der Waals surface area contributed by atoms with Gasteiger partial charge in [-0.05, 0) is 43.5 Å². The minimum atomic E-state index is -0.584. The van der Waals surface area contributed by atoms with Crippen LogP contribution >= 0.6 is 0 Å². The number of carbonyl (C=O) groups excluding carboxylic acids is 3. The fourth-order valence-corrected chi connectivity index (χ4v) is 4.38. The summed E-state index contributed by atoms with van der Waals surface area (Å²) in [6.07, 6.45) is 5.39. The predicted octanol–water partition coefficient (Wildman–Crippen LogP) is 4.36. The summed E-state index contributed by atoms with van der Waals surface area (Å²) in [4.78, 5) is 36.7. The number of carbonyl (C=O) groups is 3. The second kappa shape index (κ2) is 13.4. The average Bonchev–Trinajstić information content (AvgIpc) is 3.21. The SMILES string of the molecule is COC(=O)CCC/C=C\C[C@@H]1[C@@H](CO)[C@H](OC(=O)c2ccccc2)C[C@@H]1OC(=O)c1ccccc1. The van der Waals surface area contributed by atoms with Gasteiger partial charge in [0.15, 0.2) is 0 Å². The molecule has 35 heavy (non-hydrogen) atoms. The second-order valence-corrected chi connectivity index (χ2v) is 8.54. The van der Waals surface area contributed by atoms with Crippen LogP contribution in [0.15, 0.2) is 72.8 Å². The minimum absolute atomic E-state index is 0.201. The summed E-state index contributed by atoms with van der Waals surface area (Å²) in [5.41, 5.74) is 0.867. The molecule has 186 valence electrons. The largest absolute Gasteiger partial charge is 0.469 e. The van der Waals surface area contributed by atoms with Gasteiger partial charge in [0.2, 0.25) is 0 Å². The van der Waals surface area contributed by atoms with E-state index in [0.717, 1.165) is 0 Å². The summed E-state index contributed by atoms with van der Waals surface area (Å²) in [6, 6.07) is 17.4. The topological polar surface area (TPSA) is 99.1 Å². The smallest absolute Gasteiger partial charge is 0.338 e. The first-order valence-corrected chi connectivity index (χ1v) is 11.9. The molecular weight excluding hydrogens is 448 g/mol. The molecule has 7 nitrogen and oxygen atoms in total. The molecule has 1 saturated carbocycles. The third kappa shape index (κ3) is 7.52. The molecule has 0 aromatic heterocycles. The van der Waals surface area contributed by atoms with Gasteiger partial charge in [0.05, 0.1) is 18.2 Å². The summed E-state index contributed by atoms with van der Waals surface area (Å²) >= 11 is 0. The number of methoxy groups -OCH3 is 1. The molecule has 0 radical (unpaired) electrons. The Bertz CT molecular complexity index is 987. The van der Waals surface area contributed by atoms with Crippen molar-refractivity contribution >= 4 is 17.9 Å². The first kappa shape index (κ1) is 26.2. The van der Waals surface area contributed by atoms with Crippen molar-refractivity contribution in [1.82, 2.24) is 0 Å². The number of aliphatic hydroxyl groups excluding tert-OH is 1. The molecule has 7 heteroatoms. The van der Waals surface area contributed by atoms with Crippen molar-refractivity contribution in [3.8, 4) is 0 Å². The van der Waals surface area contributed by atoms with Gasteiger partial charge in [0, 0.05) is 31.3 Å². The van der Waals surface area contributed by atoms with Gasteiger partial charge in [0.1, 0.15) is 12.2 Å². The molecule has 0 amide bonds. The van der Waals surface area contributed by atoms with Crippen LogP contribution in [0.5, 0.6) is 0 Å². The van der Waals surface area contributed by atoms with Gasteiger partial charge in [0.25, 0.3) is 0 Å². The van der Waals surface area contributed by atoms with Crippen LogP contribution in [0.1, 0.15) is 52.8 Å². The molecule has 3 rings (SSSR count). The number of allylic oxidation sites excluding steroid dienone is 2. The first-order chi connectivity index (χ1) is 17.0. The molecule has 1 aliphatic carbocycles. The van der Waals surface area contributed by atoms with Crippen LogP contribution in [0.2, 0.25) is 0 Å². The Kier molecular flexibility index (Phi) is 10.0. The Labute approximate surface area is 205 Å².